The summed E-state index contributed by atoms with van der Waals surface area (Å²) in [6.07, 6.45) is 1.72. The summed E-state index contributed by atoms with van der Waals surface area (Å²) in [5.74, 6) is 6.91. The van der Waals surface area contributed by atoms with Crippen molar-refractivity contribution < 1.29 is 4.74 Å². The molecule has 0 spiro atoms. The largest absolute Gasteiger partial charge is 0.494 e. The van der Waals surface area contributed by atoms with E-state index in [-0.39, 0.29) is 0 Å². The first kappa shape index (κ1) is 9.73. The third kappa shape index (κ3) is 1.85. The molecule has 2 aromatic rings. The highest BCUT2D eigenvalue weighted by atomic mass is 16.5. The SMILES string of the molecule is CCOc1ccc2c(NN)nccc2c1. The molecule has 0 amide bonds. The zero-order chi connectivity index (χ0) is 10.7. The number of nitrogen functional groups attached to an aromatic ring is 1. The molecular formula is C11H13N3O. The molecule has 1 heterocycles. The van der Waals surface area contributed by atoms with Crippen LogP contribution >= 0.6 is 0 Å². The monoisotopic (exact) mass is 203 g/mol. The van der Waals surface area contributed by atoms with Crippen LogP contribution in [-0.2, 0) is 0 Å². The summed E-state index contributed by atoms with van der Waals surface area (Å²) in [6, 6.07) is 7.76. The van der Waals surface area contributed by atoms with E-state index in [4.69, 9.17) is 10.6 Å². The first-order chi connectivity index (χ1) is 7.35. The van der Waals surface area contributed by atoms with Crippen LogP contribution < -0.4 is 16.0 Å². The summed E-state index contributed by atoms with van der Waals surface area (Å²) in [6.45, 7) is 2.63. The van der Waals surface area contributed by atoms with E-state index < -0.39 is 0 Å². The molecule has 0 unspecified atom stereocenters. The van der Waals surface area contributed by atoms with Gasteiger partial charge in [0.05, 0.1) is 6.61 Å². The molecule has 0 bridgehead atoms. The maximum absolute atomic E-state index is 5.42. The van der Waals surface area contributed by atoms with Gasteiger partial charge in [-0.2, -0.15) is 0 Å². The van der Waals surface area contributed by atoms with E-state index in [2.05, 4.69) is 10.4 Å². The second kappa shape index (κ2) is 4.14. The van der Waals surface area contributed by atoms with E-state index in [9.17, 15) is 0 Å². The molecule has 0 radical (unpaired) electrons. The average molecular weight is 203 g/mol. The van der Waals surface area contributed by atoms with Gasteiger partial charge >= 0.3 is 0 Å². The molecule has 0 aliphatic carbocycles. The number of pyridine rings is 1. The minimum absolute atomic E-state index is 0.665. The summed E-state index contributed by atoms with van der Waals surface area (Å²) in [4.78, 5) is 4.12. The molecule has 4 heteroatoms. The third-order valence-corrected chi connectivity index (χ3v) is 2.18. The van der Waals surface area contributed by atoms with E-state index in [0.717, 1.165) is 16.5 Å². The predicted octanol–water partition coefficient (Wildman–Crippen LogP) is 1.92. The van der Waals surface area contributed by atoms with Gasteiger partial charge in [-0.25, -0.2) is 10.8 Å². The van der Waals surface area contributed by atoms with Gasteiger partial charge in [0.15, 0.2) is 0 Å². The average Bonchev–Trinajstić information content (AvgIpc) is 2.28. The molecule has 0 aliphatic rings. The van der Waals surface area contributed by atoms with Crippen LogP contribution in [-0.4, -0.2) is 11.6 Å². The fourth-order valence-corrected chi connectivity index (χ4v) is 1.53. The number of hydrogen-bond donors (Lipinski definition) is 2. The van der Waals surface area contributed by atoms with Crippen LogP contribution in [0.1, 0.15) is 6.92 Å². The fourth-order valence-electron chi connectivity index (χ4n) is 1.53. The first-order valence-electron chi connectivity index (χ1n) is 4.83. The van der Waals surface area contributed by atoms with Crippen LogP contribution in [0.15, 0.2) is 30.5 Å². The molecule has 1 aromatic carbocycles. The van der Waals surface area contributed by atoms with Crippen LogP contribution in [0.3, 0.4) is 0 Å². The first-order valence-corrected chi connectivity index (χ1v) is 4.83. The summed E-state index contributed by atoms with van der Waals surface area (Å²) >= 11 is 0. The quantitative estimate of drug-likeness (QED) is 0.591. The van der Waals surface area contributed by atoms with E-state index in [0.29, 0.717) is 12.4 Å². The molecular weight excluding hydrogens is 190 g/mol. The summed E-state index contributed by atoms with van der Waals surface area (Å²) < 4.78 is 5.42. The summed E-state index contributed by atoms with van der Waals surface area (Å²) in [7, 11) is 0. The molecule has 0 saturated carbocycles. The number of nitrogens with zero attached hydrogens (tertiary/aromatic N) is 1. The number of anilines is 1. The Hall–Kier alpha value is -1.81. The molecule has 2 rings (SSSR count). The molecule has 0 fully saturated rings. The standard InChI is InChI=1S/C11H13N3O/c1-2-15-9-3-4-10-8(7-9)5-6-13-11(10)14-12/h3-7H,2,12H2,1H3,(H,13,14). The highest BCUT2D eigenvalue weighted by molar-refractivity contribution is 5.92. The van der Waals surface area contributed by atoms with Crippen LogP contribution in [0, 0.1) is 0 Å². The van der Waals surface area contributed by atoms with Crippen molar-refractivity contribution in [3.05, 3.63) is 30.5 Å². The van der Waals surface area contributed by atoms with Gasteiger partial charge in [-0.1, -0.05) is 0 Å². The molecule has 4 nitrogen and oxygen atoms in total. The van der Waals surface area contributed by atoms with Crippen molar-refractivity contribution >= 4 is 16.6 Å². The van der Waals surface area contributed by atoms with Gasteiger partial charge in [0.2, 0.25) is 0 Å². The Morgan fingerprint density at radius 3 is 3.00 bits per heavy atom. The highest BCUT2D eigenvalue weighted by Crippen LogP contribution is 2.24. The van der Waals surface area contributed by atoms with E-state index in [1.165, 1.54) is 0 Å². The number of rotatable bonds is 3. The number of nitrogens with two attached hydrogens (primary N) is 1. The zero-order valence-electron chi connectivity index (χ0n) is 8.53. The lowest BCUT2D eigenvalue weighted by atomic mass is 10.1. The number of fused-ring (bicyclic) bond motifs is 1. The normalized spacial score (nSPS) is 10.3. The molecule has 15 heavy (non-hydrogen) atoms. The lowest BCUT2D eigenvalue weighted by Gasteiger charge is -2.07. The minimum Gasteiger partial charge on any atom is -0.494 e. The van der Waals surface area contributed by atoms with Gasteiger partial charge in [0.1, 0.15) is 11.6 Å². The molecule has 3 N–H and O–H groups in total. The minimum atomic E-state index is 0.665. The van der Waals surface area contributed by atoms with Gasteiger partial charge in [0.25, 0.3) is 0 Å². The van der Waals surface area contributed by atoms with Crippen molar-refractivity contribution in [2.45, 2.75) is 6.92 Å². The fraction of sp³-hybridized carbons (Fsp3) is 0.182. The van der Waals surface area contributed by atoms with Crippen molar-refractivity contribution in [2.75, 3.05) is 12.0 Å². The summed E-state index contributed by atoms with van der Waals surface area (Å²) in [5.41, 5.74) is 2.57. The van der Waals surface area contributed by atoms with Crippen LogP contribution in [0.5, 0.6) is 5.75 Å². The second-order valence-electron chi connectivity index (χ2n) is 3.12. The number of hydrogen-bond acceptors (Lipinski definition) is 4. The number of ether oxygens (including phenoxy) is 1. The Morgan fingerprint density at radius 1 is 1.40 bits per heavy atom. The zero-order valence-corrected chi connectivity index (χ0v) is 8.53. The number of aromatic nitrogens is 1. The summed E-state index contributed by atoms with van der Waals surface area (Å²) in [5, 5.41) is 2.05. The van der Waals surface area contributed by atoms with E-state index >= 15 is 0 Å². The lowest BCUT2D eigenvalue weighted by molar-refractivity contribution is 0.341. The highest BCUT2D eigenvalue weighted by Gasteiger charge is 2.01. The molecule has 0 atom stereocenters. The van der Waals surface area contributed by atoms with Gasteiger partial charge < -0.3 is 10.2 Å². The number of hydrazine groups is 1. The Bertz CT molecular complexity index is 470. The smallest absolute Gasteiger partial charge is 0.147 e. The number of nitrogens with one attached hydrogen (secondary N) is 1. The Kier molecular flexibility index (Phi) is 2.69. The van der Waals surface area contributed by atoms with Crippen molar-refractivity contribution in [3.8, 4) is 5.75 Å². The van der Waals surface area contributed by atoms with E-state index in [1.54, 1.807) is 6.20 Å². The van der Waals surface area contributed by atoms with E-state index in [1.807, 2.05) is 31.2 Å². The van der Waals surface area contributed by atoms with Gasteiger partial charge in [-0.3, -0.25) is 0 Å². The molecule has 78 valence electrons. The molecule has 0 aliphatic heterocycles. The molecule has 0 saturated heterocycles. The number of benzene rings is 1. The molecule has 1 aromatic heterocycles. The maximum Gasteiger partial charge on any atom is 0.147 e. The maximum atomic E-state index is 5.42. The predicted molar refractivity (Wildman–Crippen MR) is 60.7 cm³/mol. The van der Waals surface area contributed by atoms with Crippen molar-refractivity contribution in [1.29, 1.82) is 0 Å². The van der Waals surface area contributed by atoms with Crippen molar-refractivity contribution in [1.82, 2.24) is 4.98 Å². The lowest BCUT2D eigenvalue weighted by Crippen LogP contribution is -2.08. The third-order valence-electron chi connectivity index (χ3n) is 2.18. The Labute approximate surface area is 88.0 Å². The van der Waals surface area contributed by atoms with Gasteiger partial charge in [-0.15, -0.1) is 0 Å². The van der Waals surface area contributed by atoms with Gasteiger partial charge in [-0.05, 0) is 36.6 Å². The topological polar surface area (TPSA) is 60.2 Å². The van der Waals surface area contributed by atoms with Crippen molar-refractivity contribution in [2.24, 2.45) is 5.84 Å². The van der Waals surface area contributed by atoms with Crippen LogP contribution in [0.25, 0.3) is 10.8 Å². The van der Waals surface area contributed by atoms with Crippen LogP contribution in [0.2, 0.25) is 0 Å². The van der Waals surface area contributed by atoms with Crippen LogP contribution in [0.4, 0.5) is 5.82 Å². The Morgan fingerprint density at radius 2 is 2.27 bits per heavy atom. The Balaban J connectivity index is 2.53. The van der Waals surface area contributed by atoms with Gasteiger partial charge in [0, 0.05) is 11.6 Å². The second-order valence-corrected chi connectivity index (χ2v) is 3.12. The van der Waals surface area contributed by atoms with Crippen molar-refractivity contribution in [3.63, 3.8) is 0 Å².